The van der Waals surface area contributed by atoms with Crippen LogP contribution in [0.15, 0.2) is 33.5 Å². The largest absolute Gasteiger partial charge is 0.469 e. The second kappa shape index (κ2) is 6.90. The normalized spacial score (nSPS) is 15.6. The lowest BCUT2D eigenvalue weighted by atomic mass is 9.97. The number of aromatic nitrogens is 1. The van der Waals surface area contributed by atoms with E-state index in [4.69, 9.17) is 9.15 Å². The van der Waals surface area contributed by atoms with E-state index in [1.165, 1.54) is 11.7 Å². The molecule has 2 aromatic rings. The number of aryl methyl sites for hydroxylation is 1. The Balaban J connectivity index is 1.59. The van der Waals surface area contributed by atoms with Gasteiger partial charge >= 0.3 is 11.7 Å². The summed E-state index contributed by atoms with van der Waals surface area (Å²) in [5.74, 6) is -0.804. The Kier molecular flexibility index (Phi) is 4.69. The minimum Gasteiger partial charge on any atom is -0.469 e. The van der Waals surface area contributed by atoms with Crippen molar-refractivity contribution >= 4 is 23.0 Å². The summed E-state index contributed by atoms with van der Waals surface area (Å²) in [6, 6.07) is 7.15. The SMILES string of the molecule is COC(=O)C1CCN(C(=O)CCn2c(=O)oc3ccccc32)CC1. The van der Waals surface area contributed by atoms with E-state index in [-0.39, 0.29) is 30.8 Å². The molecule has 1 aliphatic heterocycles. The number of carbonyl (C=O) groups excluding carboxylic acids is 2. The molecule has 0 N–H and O–H groups in total. The first-order chi connectivity index (χ1) is 11.6. The third-order valence-corrected chi connectivity index (χ3v) is 4.51. The van der Waals surface area contributed by atoms with Gasteiger partial charge in [0.25, 0.3) is 0 Å². The van der Waals surface area contributed by atoms with Crippen LogP contribution in [0.1, 0.15) is 19.3 Å². The van der Waals surface area contributed by atoms with Gasteiger partial charge in [0.15, 0.2) is 5.58 Å². The number of benzene rings is 1. The van der Waals surface area contributed by atoms with Crippen LogP contribution < -0.4 is 5.76 Å². The van der Waals surface area contributed by atoms with E-state index in [9.17, 15) is 14.4 Å². The van der Waals surface area contributed by atoms with Crippen molar-refractivity contribution in [2.24, 2.45) is 5.92 Å². The molecule has 1 saturated heterocycles. The highest BCUT2D eigenvalue weighted by molar-refractivity contribution is 5.78. The van der Waals surface area contributed by atoms with Crippen LogP contribution in [0, 0.1) is 5.92 Å². The molecule has 0 radical (unpaired) electrons. The summed E-state index contributed by atoms with van der Waals surface area (Å²) in [7, 11) is 1.38. The quantitative estimate of drug-likeness (QED) is 0.791. The Morgan fingerprint density at radius 3 is 2.67 bits per heavy atom. The van der Waals surface area contributed by atoms with Gasteiger partial charge in [-0.25, -0.2) is 4.79 Å². The summed E-state index contributed by atoms with van der Waals surface area (Å²) in [4.78, 5) is 37.5. The number of rotatable bonds is 4. The molecule has 0 atom stereocenters. The molecule has 128 valence electrons. The second-order valence-electron chi connectivity index (χ2n) is 5.92. The van der Waals surface area contributed by atoms with E-state index in [0.29, 0.717) is 37.0 Å². The van der Waals surface area contributed by atoms with E-state index < -0.39 is 5.76 Å². The standard InChI is InChI=1S/C17H20N2O5/c1-23-16(21)12-6-9-18(10-7-12)15(20)8-11-19-13-4-2-3-5-14(13)24-17(19)22/h2-5,12H,6-11H2,1H3. The molecule has 2 heterocycles. The van der Waals surface area contributed by atoms with E-state index in [2.05, 4.69) is 0 Å². The van der Waals surface area contributed by atoms with Gasteiger partial charge in [-0.15, -0.1) is 0 Å². The van der Waals surface area contributed by atoms with Crippen LogP contribution in [-0.2, 0) is 20.9 Å². The van der Waals surface area contributed by atoms with Gasteiger partial charge in [-0.1, -0.05) is 12.1 Å². The van der Waals surface area contributed by atoms with Crippen LogP contribution in [-0.4, -0.2) is 41.5 Å². The number of likely N-dealkylation sites (tertiary alicyclic amines) is 1. The molecule has 1 amide bonds. The fourth-order valence-corrected chi connectivity index (χ4v) is 3.12. The van der Waals surface area contributed by atoms with Gasteiger partial charge in [0.1, 0.15) is 0 Å². The predicted molar refractivity (Wildman–Crippen MR) is 86.4 cm³/mol. The van der Waals surface area contributed by atoms with Gasteiger partial charge in [0.05, 0.1) is 18.5 Å². The average molecular weight is 332 g/mol. The van der Waals surface area contributed by atoms with Gasteiger partial charge in [-0.2, -0.15) is 0 Å². The summed E-state index contributed by atoms with van der Waals surface area (Å²) in [5.41, 5.74) is 1.22. The highest BCUT2D eigenvalue weighted by atomic mass is 16.5. The van der Waals surface area contributed by atoms with Crippen molar-refractivity contribution in [2.45, 2.75) is 25.8 Å². The maximum absolute atomic E-state index is 12.4. The molecule has 0 aliphatic carbocycles. The number of nitrogens with zero attached hydrogens (tertiary/aromatic N) is 2. The molecular weight excluding hydrogens is 312 g/mol. The molecule has 0 spiro atoms. The first-order valence-electron chi connectivity index (χ1n) is 8.04. The van der Waals surface area contributed by atoms with Gasteiger partial charge in [0.2, 0.25) is 5.91 Å². The molecule has 0 bridgehead atoms. The molecular formula is C17H20N2O5. The molecule has 1 aromatic heterocycles. The number of amides is 1. The van der Waals surface area contributed by atoms with Crippen molar-refractivity contribution < 1.29 is 18.7 Å². The fraction of sp³-hybridized carbons (Fsp3) is 0.471. The van der Waals surface area contributed by atoms with Crippen LogP contribution in [0.4, 0.5) is 0 Å². The number of piperidine rings is 1. The molecule has 1 aliphatic rings. The number of fused-ring (bicyclic) bond motifs is 1. The first-order valence-corrected chi connectivity index (χ1v) is 8.04. The van der Waals surface area contributed by atoms with Crippen molar-refractivity contribution in [1.82, 2.24) is 9.47 Å². The van der Waals surface area contributed by atoms with E-state index in [1.54, 1.807) is 23.1 Å². The summed E-state index contributed by atoms with van der Waals surface area (Å²) < 4.78 is 11.4. The van der Waals surface area contributed by atoms with Crippen molar-refractivity contribution in [2.75, 3.05) is 20.2 Å². The number of carbonyl (C=O) groups is 2. The molecule has 0 unspecified atom stereocenters. The van der Waals surface area contributed by atoms with Crippen molar-refractivity contribution in [3.05, 3.63) is 34.8 Å². The highest BCUT2D eigenvalue weighted by Crippen LogP contribution is 2.19. The van der Waals surface area contributed by atoms with Crippen molar-refractivity contribution in [3.63, 3.8) is 0 Å². The van der Waals surface area contributed by atoms with Crippen LogP contribution >= 0.6 is 0 Å². The Hall–Kier alpha value is -2.57. The number of hydrogen-bond donors (Lipinski definition) is 0. The van der Waals surface area contributed by atoms with Crippen molar-refractivity contribution in [3.8, 4) is 0 Å². The Morgan fingerprint density at radius 2 is 1.96 bits per heavy atom. The average Bonchev–Trinajstić information content (AvgIpc) is 2.94. The third-order valence-electron chi connectivity index (χ3n) is 4.51. The summed E-state index contributed by atoms with van der Waals surface area (Å²) in [6.07, 6.45) is 1.46. The zero-order chi connectivity index (χ0) is 17.1. The molecule has 7 heteroatoms. The van der Waals surface area contributed by atoms with Gasteiger partial charge < -0.3 is 14.1 Å². The summed E-state index contributed by atoms with van der Waals surface area (Å²) in [6.45, 7) is 1.37. The predicted octanol–water partition coefficient (Wildman–Crippen LogP) is 1.40. The molecule has 7 nitrogen and oxygen atoms in total. The van der Waals surface area contributed by atoms with Crippen molar-refractivity contribution in [1.29, 1.82) is 0 Å². The number of para-hydroxylation sites is 2. The van der Waals surface area contributed by atoms with Crippen LogP contribution in [0.3, 0.4) is 0 Å². The maximum atomic E-state index is 12.4. The molecule has 1 fully saturated rings. The van der Waals surface area contributed by atoms with Crippen LogP contribution in [0.25, 0.3) is 11.1 Å². The zero-order valence-electron chi connectivity index (χ0n) is 13.6. The Morgan fingerprint density at radius 1 is 1.25 bits per heavy atom. The van der Waals surface area contributed by atoms with Gasteiger partial charge in [-0.05, 0) is 25.0 Å². The first kappa shape index (κ1) is 16.3. The maximum Gasteiger partial charge on any atom is 0.419 e. The number of esters is 1. The Bertz CT molecular complexity index is 799. The lowest BCUT2D eigenvalue weighted by Crippen LogP contribution is -2.41. The topological polar surface area (TPSA) is 81.8 Å². The number of ether oxygens (including phenoxy) is 1. The van der Waals surface area contributed by atoms with E-state index in [0.717, 1.165) is 0 Å². The van der Waals surface area contributed by atoms with Gasteiger partial charge in [0, 0.05) is 26.1 Å². The third kappa shape index (κ3) is 3.20. The zero-order valence-corrected chi connectivity index (χ0v) is 13.6. The monoisotopic (exact) mass is 332 g/mol. The lowest BCUT2D eigenvalue weighted by molar-refractivity contribution is -0.148. The minimum absolute atomic E-state index is 0.0181. The lowest BCUT2D eigenvalue weighted by Gasteiger charge is -2.30. The number of oxazole rings is 1. The minimum atomic E-state index is -0.451. The van der Waals surface area contributed by atoms with Crippen LogP contribution in [0.2, 0.25) is 0 Å². The smallest absolute Gasteiger partial charge is 0.419 e. The molecule has 3 rings (SSSR count). The van der Waals surface area contributed by atoms with Gasteiger partial charge in [-0.3, -0.25) is 14.2 Å². The van der Waals surface area contributed by atoms with E-state index in [1.807, 2.05) is 6.07 Å². The summed E-state index contributed by atoms with van der Waals surface area (Å²) in [5, 5.41) is 0. The second-order valence-corrected chi connectivity index (χ2v) is 5.92. The molecule has 1 aromatic carbocycles. The Labute approximate surface area is 138 Å². The number of methoxy groups -OCH3 is 1. The molecule has 0 saturated carbocycles. The number of hydrogen-bond acceptors (Lipinski definition) is 5. The highest BCUT2D eigenvalue weighted by Gasteiger charge is 2.27. The van der Waals surface area contributed by atoms with Crippen LogP contribution in [0.5, 0.6) is 0 Å². The fourth-order valence-electron chi connectivity index (χ4n) is 3.12. The summed E-state index contributed by atoms with van der Waals surface area (Å²) >= 11 is 0. The molecule has 24 heavy (non-hydrogen) atoms. The van der Waals surface area contributed by atoms with E-state index >= 15 is 0 Å².